The number of para-hydroxylation sites is 1. The number of nitrogens with one attached hydrogen (secondary N) is 1. The molecule has 0 saturated carbocycles. The van der Waals surface area contributed by atoms with Gasteiger partial charge in [-0.1, -0.05) is 78.9 Å². The second-order valence-electron chi connectivity index (χ2n) is 7.26. The number of nitrogens with zero attached hydrogens (tertiary/aromatic N) is 1. The zero-order chi connectivity index (χ0) is 21.8. The number of aryl methyl sites for hydroxylation is 1. The Kier molecular flexibility index (Phi) is 6.01. The summed E-state index contributed by atoms with van der Waals surface area (Å²) in [4.78, 5) is 29.5. The molecule has 1 atom stereocenters. The van der Waals surface area contributed by atoms with Gasteiger partial charge in [-0.05, 0) is 49.4 Å². The smallest absolute Gasteiger partial charge is 0.0965 e. The van der Waals surface area contributed by atoms with Crippen molar-refractivity contribution in [3.63, 3.8) is 0 Å². The van der Waals surface area contributed by atoms with Crippen LogP contribution in [-0.2, 0) is 4.57 Å². The van der Waals surface area contributed by atoms with Crippen molar-refractivity contribution in [1.29, 1.82) is 0 Å². The minimum absolute atomic E-state index is 0.197. The number of benzene rings is 3. The maximum atomic E-state index is 12.4. The third kappa shape index (κ3) is 4.75. The maximum Gasteiger partial charge on any atom is 0.0965 e. The largest absolute Gasteiger partial charge is 0.809 e. The zero-order valence-corrected chi connectivity index (χ0v) is 17.8. The molecule has 0 aliphatic heterocycles. The second-order valence-corrected chi connectivity index (χ2v) is 8.85. The van der Waals surface area contributed by atoms with Crippen LogP contribution in [0.4, 0.5) is 5.69 Å². The highest BCUT2D eigenvalue weighted by molar-refractivity contribution is 7.49. The molecule has 1 aromatic heterocycles. The number of rotatable bonds is 6. The summed E-state index contributed by atoms with van der Waals surface area (Å²) in [5, 5.41) is 2.90. The van der Waals surface area contributed by atoms with Crippen LogP contribution >= 0.6 is 7.60 Å². The molecule has 0 radical (unpaired) electrons. The van der Waals surface area contributed by atoms with Gasteiger partial charge in [-0.2, -0.15) is 0 Å². The Morgan fingerprint density at radius 2 is 1.32 bits per heavy atom. The van der Waals surface area contributed by atoms with E-state index in [1.54, 1.807) is 31.2 Å². The fraction of sp³-hybridized carbons (Fsp3) is 0.0800. The molecule has 0 aliphatic carbocycles. The Hall–Kier alpha value is -3.24. The summed E-state index contributed by atoms with van der Waals surface area (Å²) >= 11 is 0. The first-order valence-corrected chi connectivity index (χ1v) is 11.5. The molecule has 0 amide bonds. The van der Waals surface area contributed by atoms with Crippen LogP contribution in [-0.4, -0.2) is 4.98 Å². The fourth-order valence-corrected chi connectivity index (χ4v) is 4.43. The van der Waals surface area contributed by atoms with Crippen LogP contribution in [0.5, 0.6) is 0 Å². The lowest BCUT2D eigenvalue weighted by molar-refractivity contribution is -0.316. The Balaban J connectivity index is 1.99. The summed E-state index contributed by atoms with van der Waals surface area (Å²) < 4.78 is 12.4. The number of pyridine rings is 1. The van der Waals surface area contributed by atoms with Gasteiger partial charge in [0, 0.05) is 16.9 Å². The van der Waals surface area contributed by atoms with E-state index in [4.69, 9.17) is 0 Å². The SMILES string of the molecule is Cc1cc(-c2ccccc2)c(-c2ccccc2)c(C(Nc2ccccc2)P(=O)([O-])[O-])n1. The van der Waals surface area contributed by atoms with Crippen molar-refractivity contribution < 1.29 is 14.4 Å². The molecule has 0 saturated heterocycles. The van der Waals surface area contributed by atoms with Gasteiger partial charge >= 0.3 is 0 Å². The highest BCUT2D eigenvalue weighted by Crippen LogP contribution is 2.49. The standard InChI is InChI=1S/C25H23N2O3P/c1-18-17-22(19-11-5-2-6-12-19)23(20-13-7-3-8-14-20)24(26-18)25(31(28,29)30)27-21-15-9-4-10-16-21/h2-17,25,27H,1H3,(H2,28,29,30)/p-2. The molecular weight excluding hydrogens is 407 g/mol. The van der Waals surface area contributed by atoms with Gasteiger partial charge in [0.25, 0.3) is 0 Å². The van der Waals surface area contributed by atoms with Crippen molar-refractivity contribution in [2.45, 2.75) is 12.7 Å². The summed E-state index contributed by atoms with van der Waals surface area (Å²) in [6.07, 6.45) is 0. The van der Waals surface area contributed by atoms with Crippen molar-refractivity contribution in [2.75, 3.05) is 5.32 Å². The van der Waals surface area contributed by atoms with Gasteiger partial charge in [0.15, 0.2) is 0 Å². The molecule has 0 aliphatic rings. The van der Waals surface area contributed by atoms with E-state index < -0.39 is 13.4 Å². The molecule has 4 rings (SSSR count). The van der Waals surface area contributed by atoms with Crippen LogP contribution in [0.3, 0.4) is 0 Å². The van der Waals surface area contributed by atoms with Gasteiger partial charge in [-0.15, -0.1) is 0 Å². The maximum absolute atomic E-state index is 12.4. The molecule has 156 valence electrons. The van der Waals surface area contributed by atoms with Gasteiger partial charge in [0.2, 0.25) is 0 Å². The minimum Gasteiger partial charge on any atom is -0.809 e. The van der Waals surface area contributed by atoms with Crippen molar-refractivity contribution >= 4 is 13.3 Å². The van der Waals surface area contributed by atoms with Crippen LogP contribution < -0.4 is 15.1 Å². The third-order valence-electron chi connectivity index (χ3n) is 4.98. The molecule has 1 unspecified atom stereocenters. The fourth-order valence-electron chi connectivity index (χ4n) is 3.64. The van der Waals surface area contributed by atoms with Crippen LogP contribution in [0.2, 0.25) is 0 Å². The van der Waals surface area contributed by atoms with Crippen LogP contribution in [0, 0.1) is 6.92 Å². The van der Waals surface area contributed by atoms with Gasteiger partial charge in [0.1, 0.15) is 0 Å². The molecule has 0 bridgehead atoms. The number of hydrogen-bond donors (Lipinski definition) is 1. The number of aromatic nitrogens is 1. The zero-order valence-electron chi connectivity index (χ0n) is 16.9. The van der Waals surface area contributed by atoms with Crippen molar-refractivity contribution in [3.8, 4) is 22.3 Å². The van der Waals surface area contributed by atoms with Gasteiger partial charge in [-0.25, -0.2) is 0 Å². The molecule has 0 spiro atoms. The van der Waals surface area contributed by atoms with E-state index in [1.165, 1.54) is 0 Å². The van der Waals surface area contributed by atoms with Crippen LogP contribution in [0.15, 0.2) is 97.1 Å². The molecule has 1 N–H and O–H groups in total. The molecule has 4 aromatic rings. The predicted octanol–water partition coefficient (Wildman–Crippen LogP) is 4.75. The van der Waals surface area contributed by atoms with E-state index >= 15 is 0 Å². The summed E-state index contributed by atoms with van der Waals surface area (Å²) in [6, 6.07) is 29.8. The first kappa shape index (κ1) is 21.0. The first-order valence-electron chi connectivity index (χ1n) is 9.89. The summed E-state index contributed by atoms with van der Waals surface area (Å²) in [5.41, 5.74) is 4.50. The molecule has 1 heterocycles. The molecule has 5 nitrogen and oxygen atoms in total. The highest BCUT2D eigenvalue weighted by Gasteiger charge is 2.25. The van der Waals surface area contributed by atoms with E-state index in [-0.39, 0.29) is 5.69 Å². The van der Waals surface area contributed by atoms with E-state index in [0.29, 0.717) is 16.9 Å². The minimum atomic E-state index is -5.12. The number of hydrogen-bond acceptors (Lipinski definition) is 5. The number of anilines is 1. The Morgan fingerprint density at radius 3 is 1.87 bits per heavy atom. The van der Waals surface area contributed by atoms with Gasteiger partial charge in [-0.3, -0.25) is 4.98 Å². The average Bonchev–Trinajstić information content (AvgIpc) is 2.78. The first-order chi connectivity index (χ1) is 14.9. The second kappa shape index (κ2) is 8.86. The molecule has 6 heteroatoms. The lowest BCUT2D eigenvalue weighted by atomic mass is 9.92. The Labute approximate surface area is 181 Å². The van der Waals surface area contributed by atoms with Gasteiger partial charge < -0.3 is 19.7 Å². The van der Waals surface area contributed by atoms with Crippen LogP contribution in [0.1, 0.15) is 17.2 Å². The van der Waals surface area contributed by atoms with Crippen molar-refractivity contribution in [3.05, 3.63) is 108 Å². The summed E-state index contributed by atoms with van der Waals surface area (Å²) in [6.45, 7) is 1.80. The van der Waals surface area contributed by atoms with Gasteiger partial charge in [0.05, 0.1) is 11.5 Å². The van der Waals surface area contributed by atoms with E-state index in [9.17, 15) is 14.4 Å². The summed E-state index contributed by atoms with van der Waals surface area (Å²) in [7, 11) is -5.12. The molecule has 31 heavy (non-hydrogen) atoms. The van der Waals surface area contributed by atoms with E-state index in [2.05, 4.69) is 10.3 Å². The highest BCUT2D eigenvalue weighted by atomic mass is 31.2. The average molecular weight is 428 g/mol. The van der Waals surface area contributed by atoms with E-state index in [0.717, 1.165) is 16.7 Å². The summed E-state index contributed by atoms with van der Waals surface area (Å²) in [5.74, 6) is -1.52. The topological polar surface area (TPSA) is 88.1 Å². The third-order valence-corrected chi connectivity index (χ3v) is 5.98. The van der Waals surface area contributed by atoms with Crippen molar-refractivity contribution in [2.24, 2.45) is 0 Å². The lowest BCUT2D eigenvalue weighted by Crippen LogP contribution is -2.27. The quantitative estimate of drug-likeness (QED) is 0.448. The van der Waals surface area contributed by atoms with Crippen LogP contribution in [0.25, 0.3) is 22.3 Å². The normalized spacial score (nSPS) is 12.4. The molecule has 3 aromatic carbocycles. The molecular formula is C25H21N2O3P-2. The monoisotopic (exact) mass is 428 g/mol. The van der Waals surface area contributed by atoms with E-state index in [1.807, 2.05) is 72.8 Å². The Bertz CT molecular complexity index is 1210. The molecule has 0 fully saturated rings. The Morgan fingerprint density at radius 1 is 0.806 bits per heavy atom. The predicted molar refractivity (Wildman–Crippen MR) is 120 cm³/mol. The lowest BCUT2D eigenvalue weighted by Gasteiger charge is -2.40. The van der Waals surface area contributed by atoms with Crippen molar-refractivity contribution in [1.82, 2.24) is 4.98 Å².